The Kier molecular flexibility index (Phi) is 7.45. The van der Waals surface area contributed by atoms with Crippen molar-refractivity contribution in [3.05, 3.63) is 0 Å². The van der Waals surface area contributed by atoms with Crippen LogP contribution in [0, 0.1) is 46.8 Å². The number of carboxylic acid groups (broad SMARTS) is 1. The van der Waals surface area contributed by atoms with Crippen molar-refractivity contribution in [2.24, 2.45) is 46.8 Å². The van der Waals surface area contributed by atoms with Crippen molar-refractivity contribution in [3.8, 4) is 0 Å². The second-order valence-corrected chi connectivity index (χ2v) is 11.0. The molecule has 3 unspecified atom stereocenters. The van der Waals surface area contributed by atoms with Crippen LogP contribution in [0.2, 0.25) is 0 Å². The first-order valence-corrected chi connectivity index (χ1v) is 12.5. The van der Waals surface area contributed by atoms with Crippen molar-refractivity contribution < 1.29 is 19.5 Å². The molecule has 4 heteroatoms. The van der Waals surface area contributed by atoms with Gasteiger partial charge < -0.3 is 5.11 Å². The molecule has 0 radical (unpaired) electrons. The molecule has 0 bridgehead atoms. The molecule has 3 aliphatic rings. The quantitative estimate of drug-likeness (QED) is 0.601. The first-order valence-electron chi connectivity index (χ1n) is 12.5. The number of Topliss-reactive ketones (excluding diaryl/α,β-unsaturated/α-hetero) is 2. The van der Waals surface area contributed by atoms with Crippen LogP contribution in [-0.4, -0.2) is 22.6 Å². The second kappa shape index (κ2) is 9.53. The SMILES string of the molecule is CC[C@@H]1CCC(=O)CC[C@H](C)C2CC[C@@]3(C)C(CC[C@@H]3[C@H](C)CCC(=O)O)C2C1=O. The van der Waals surface area contributed by atoms with Gasteiger partial charge in [0, 0.05) is 31.1 Å². The van der Waals surface area contributed by atoms with Crippen LogP contribution < -0.4 is 0 Å². The van der Waals surface area contributed by atoms with Crippen molar-refractivity contribution in [1.82, 2.24) is 0 Å². The number of rotatable bonds is 5. The van der Waals surface area contributed by atoms with Gasteiger partial charge in [-0.05, 0) is 86.4 Å². The van der Waals surface area contributed by atoms with E-state index in [2.05, 4.69) is 27.7 Å². The van der Waals surface area contributed by atoms with E-state index < -0.39 is 5.97 Å². The fraction of sp³-hybridized carbons (Fsp3) is 0.885. The van der Waals surface area contributed by atoms with Gasteiger partial charge in [0.25, 0.3) is 0 Å². The zero-order chi connectivity index (χ0) is 22.1. The van der Waals surface area contributed by atoms with Crippen LogP contribution in [0.3, 0.4) is 0 Å². The summed E-state index contributed by atoms with van der Waals surface area (Å²) in [5.74, 6) is 2.39. The molecular formula is C26H42O4. The molecule has 8 atom stereocenters. The number of carbonyl (C=O) groups is 3. The monoisotopic (exact) mass is 418 g/mol. The smallest absolute Gasteiger partial charge is 0.303 e. The van der Waals surface area contributed by atoms with Crippen LogP contribution in [0.5, 0.6) is 0 Å². The minimum Gasteiger partial charge on any atom is -0.481 e. The van der Waals surface area contributed by atoms with E-state index in [4.69, 9.17) is 5.11 Å². The van der Waals surface area contributed by atoms with Gasteiger partial charge in [0.1, 0.15) is 11.6 Å². The zero-order valence-electron chi connectivity index (χ0n) is 19.5. The number of ketones is 2. The van der Waals surface area contributed by atoms with E-state index in [0.29, 0.717) is 54.0 Å². The van der Waals surface area contributed by atoms with E-state index in [1.165, 1.54) is 0 Å². The molecular weight excluding hydrogens is 376 g/mol. The standard InChI is InChI=1S/C26H42O4/c1-5-18-8-10-19(27)9-6-16(2)20-14-15-26(4)21(17(3)7-13-23(28)29)11-12-22(26)24(20)25(18)30/h16-18,20-22,24H,5-15H2,1-4H3,(H,28,29)/t16-,17+,18+,20?,21+,22?,24?,26+/m0/s1. The molecule has 30 heavy (non-hydrogen) atoms. The Balaban J connectivity index is 1.87. The Morgan fingerprint density at radius 3 is 2.50 bits per heavy atom. The van der Waals surface area contributed by atoms with E-state index in [9.17, 15) is 14.4 Å². The lowest BCUT2D eigenvalue weighted by molar-refractivity contribution is -0.139. The Labute approximate surface area is 182 Å². The highest BCUT2D eigenvalue weighted by Crippen LogP contribution is 2.62. The molecule has 0 heterocycles. The summed E-state index contributed by atoms with van der Waals surface area (Å²) in [4.78, 5) is 37.3. The topological polar surface area (TPSA) is 71.4 Å². The lowest BCUT2D eigenvalue weighted by Gasteiger charge is -2.51. The summed E-state index contributed by atoms with van der Waals surface area (Å²) in [5, 5.41) is 9.13. The van der Waals surface area contributed by atoms with Gasteiger partial charge in [0.05, 0.1) is 0 Å². The van der Waals surface area contributed by atoms with Gasteiger partial charge in [-0.3, -0.25) is 14.4 Å². The number of carboxylic acids is 1. The van der Waals surface area contributed by atoms with Crippen molar-refractivity contribution in [1.29, 1.82) is 0 Å². The summed E-state index contributed by atoms with van der Waals surface area (Å²) in [7, 11) is 0. The largest absolute Gasteiger partial charge is 0.481 e. The third kappa shape index (κ3) is 4.53. The Hall–Kier alpha value is -1.19. The van der Waals surface area contributed by atoms with Gasteiger partial charge >= 0.3 is 5.97 Å². The Bertz CT molecular complexity index is 655. The molecule has 0 aromatic carbocycles. The summed E-state index contributed by atoms with van der Waals surface area (Å²) >= 11 is 0. The Morgan fingerprint density at radius 1 is 1.13 bits per heavy atom. The summed E-state index contributed by atoms with van der Waals surface area (Å²) in [6, 6.07) is 0. The molecule has 0 saturated heterocycles. The molecule has 3 rings (SSSR count). The predicted octanol–water partition coefficient (Wildman–Crippen LogP) is 5.92. The van der Waals surface area contributed by atoms with Gasteiger partial charge in [-0.25, -0.2) is 0 Å². The van der Waals surface area contributed by atoms with Crippen LogP contribution >= 0.6 is 0 Å². The van der Waals surface area contributed by atoms with Gasteiger partial charge in [-0.2, -0.15) is 0 Å². The number of fused-ring (bicyclic) bond motifs is 3. The van der Waals surface area contributed by atoms with Crippen LogP contribution in [0.25, 0.3) is 0 Å². The molecule has 3 aliphatic carbocycles. The first-order chi connectivity index (χ1) is 14.2. The molecule has 0 amide bonds. The minimum atomic E-state index is -0.707. The van der Waals surface area contributed by atoms with Gasteiger partial charge in [0.15, 0.2) is 0 Å². The highest BCUT2D eigenvalue weighted by molar-refractivity contribution is 5.86. The molecule has 3 fully saturated rings. The summed E-state index contributed by atoms with van der Waals surface area (Å²) in [6.07, 6.45) is 9.16. The summed E-state index contributed by atoms with van der Waals surface area (Å²) in [6.45, 7) is 9.01. The number of hydrogen-bond donors (Lipinski definition) is 1. The molecule has 0 aromatic heterocycles. The molecule has 1 N–H and O–H groups in total. The zero-order valence-corrected chi connectivity index (χ0v) is 19.5. The van der Waals surface area contributed by atoms with Crippen molar-refractivity contribution in [2.75, 3.05) is 0 Å². The lowest BCUT2D eigenvalue weighted by atomic mass is 9.52. The average Bonchev–Trinajstić information content (AvgIpc) is 3.06. The normalized spacial score (nSPS) is 41.1. The van der Waals surface area contributed by atoms with Crippen LogP contribution in [0.15, 0.2) is 0 Å². The maximum absolute atomic E-state index is 13.9. The molecule has 3 saturated carbocycles. The minimum absolute atomic E-state index is 0.0255. The summed E-state index contributed by atoms with van der Waals surface area (Å²) in [5.41, 5.74) is 0.146. The Morgan fingerprint density at radius 2 is 1.83 bits per heavy atom. The molecule has 4 nitrogen and oxygen atoms in total. The van der Waals surface area contributed by atoms with E-state index in [1.54, 1.807) is 0 Å². The van der Waals surface area contributed by atoms with Crippen molar-refractivity contribution in [3.63, 3.8) is 0 Å². The maximum atomic E-state index is 13.9. The predicted molar refractivity (Wildman–Crippen MR) is 118 cm³/mol. The van der Waals surface area contributed by atoms with E-state index in [1.807, 2.05) is 0 Å². The van der Waals surface area contributed by atoms with Gasteiger partial charge in [-0.15, -0.1) is 0 Å². The van der Waals surface area contributed by atoms with Crippen LogP contribution in [0.1, 0.15) is 98.3 Å². The highest BCUT2D eigenvalue weighted by atomic mass is 16.4. The van der Waals surface area contributed by atoms with E-state index in [-0.39, 0.29) is 23.7 Å². The highest BCUT2D eigenvalue weighted by Gasteiger charge is 2.57. The number of aliphatic carboxylic acids is 1. The molecule has 0 aliphatic heterocycles. The number of carbonyl (C=O) groups excluding carboxylic acids is 2. The van der Waals surface area contributed by atoms with Crippen molar-refractivity contribution in [2.45, 2.75) is 98.3 Å². The fourth-order valence-electron chi connectivity index (χ4n) is 7.63. The van der Waals surface area contributed by atoms with E-state index >= 15 is 0 Å². The average molecular weight is 419 g/mol. The van der Waals surface area contributed by atoms with Gasteiger partial charge in [0.2, 0.25) is 0 Å². The van der Waals surface area contributed by atoms with Crippen LogP contribution in [-0.2, 0) is 14.4 Å². The maximum Gasteiger partial charge on any atom is 0.303 e. The van der Waals surface area contributed by atoms with Crippen LogP contribution in [0.4, 0.5) is 0 Å². The third-order valence-electron chi connectivity index (χ3n) is 9.50. The third-order valence-corrected chi connectivity index (χ3v) is 9.50. The molecule has 0 spiro atoms. The fourth-order valence-corrected chi connectivity index (χ4v) is 7.63. The second-order valence-electron chi connectivity index (χ2n) is 11.0. The van der Waals surface area contributed by atoms with Crippen molar-refractivity contribution >= 4 is 17.5 Å². The number of hydrogen-bond acceptors (Lipinski definition) is 3. The molecule has 170 valence electrons. The molecule has 0 aromatic rings. The lowest BCUT2D eigenvalue weighted by Crippen LogP contribution is -2.49. The van der Waals surface area contributed by atoms with E-state index in [0.717, 1.165) is 51.4 Å². The first kappa shape index (κ1) is 23.5. The summed E-state index contributed by atoms with van der Waals surface area (Å²) < 4.78 is 0. The van der Waals surface area contributed by atoms with Gasteiger partial charge in [-0.1, -0.05) is 27.7 Å².